The van der Waals surface area contributed by atoms with Gasteiger partial charge in [0.25, 0.3) is 0 Å². The fourth-order valence-electron chi connectivity index (χ4n) is 1.80. The molecule has 2 heteroatoms. The third kappa shape index (κ3) is 2.38. The fraction of sp³-hybridized carbons (Fsp3) is 0.571. The van der Waals surface area contributed by atoms with Crippen molar-refractivity contribution in [2.45, 2.75) is 52.1 Å². The summed E-state index contributed by atoms with van der Waals surface area (Å²) in [7, 11) is 0. The average Bonchev–Trinajstić information content (AvgIpc) is 2.28. The summed E-state index contributed by atoms with van der Waals surface area (Å²) in [6.07, 6.45) is 1.57. The molecular weight excluding hydrogens is 200 g/mol. The lowest BCUT2D eigenvalue weighted by Gasteiger charge is -2.25. The summed E-state index contributed by atoms with van der Waals surface area (Å²) >= 11 is 0. The molecule has 2 nitrogen and oxygen atoms in total. The zero-order valence-corrected chi connectivity index (χ0v) is 10.6. The molecule has 0 aliphatic carbocycles. The maximum absolute atomic E-state index is 10.2. The third-order valence-corrected chi connectivity index (χ3v) is 3.48. The molecule has 0 heterocycles. The monoisotopic (exact) mass is 222 g/mol. The molecule has 0 saturated carbocycles. The number of para-hydroxylation sites is 1. The molecule has 0 fully saturated rings. The van der Waals surface area contributed by atoms with Crippen LogP contribution >= 0.6 is 0 Å². The highest BCUT2D eigenvalue weighted by Crippen LogP contribution is 2.37. The lowest BCUT2D eigenvalue weighted by atomic mass is 9.87. The first-order valence-corrected chi connectivity index (χ1v) is 5.98. The Morgan fingerprint density at radius 2 is 1.94 bits per heavy atom. The van der Waals surface area contributed by atoms with E-state index in [1.807, 2.05) is 19.1 Å². The third-order valence-electron chi connectivity index (χ3n) is 3.48. The second kappa shape index (κ2) is 4.88. The van der Waals surface area contributed by atoms with Crippen LogP contribution in [0.3, 0.4) is 0 Å². The first-order chi connectivity index (χ1) is 7.44. The number of hydrogen-bond donors (Lipinski definition) is 2. The van der Waals surface area contributed by atoms with E-state index >= 15 is 0 Å². The number of phenolic OH excluding ortho intramolecular Hbond substituents is 1. The number of rotatable bonds is 4. The van der Waals surface area contributed by atoms with Gasteiger partial charge in [-0.2, -0.15) is 0 Å². The average molecular weight is 222 g/mol. The summed E-state index contributed by atoms with van der Waals surface area (Å²) in [6.45, 7) is 7.83. The highest BCUT2D eigenvalue weighted by Gasteiger charge is 2.25. The summed E-state index contributed by atoms with van der Waals surface area (Å²) in [5, 5.41) is 20.4. The van der Waals surface area contributed by atoms with E-state index in [-0.39, 0.29) is 5.75 Å². The minimum absolute atomic E-state index is 0.253. The van der Waals surface area contributed by atoms with E-state index in [0.717, 1.165) is 12.0 Å². The minimum Gasteiger partial charge on any atom is -0.507 e. The van der Waals surface area contributed by atoms with Gasteiger partial charge in [-0.05, 0) is 31.2 Å². The fourth-order valence-corrected chi connectivity index (χ4v) is 1.80. The maximum atomic E-state index is 10.2. The van der Waals surface area contributed by atoms with Crippen molar-refractivity contribution in [1.29, 1.82) is 0 Å². The molecule has 2 N–H and O–H groups in total. The molecule has 0 amide bonds. The van der Waals surface area contributed by atoms with E-state index in [9.17, 15) is 10.2 Å². The van der Waals surface area contributed by atoms with Crippen LogP contribution in [0.4, 0.5) is 0 Å². The van der Waals surface area contributed by atoms with Gasteiger partial charge >= 0.3 is 0 Å². The number of aliphatic hydroxyl groups is 1. The van der Waals surface area contributed by atoms with Crippen molar-refractivity contribution in [1.82, 2.24) is 0 Å². The molecule has 2 atom stereocenters. The molecular formula is C14H22O2. The molecule has 0 spiro atoms. The van der Waals surface area contributed by atoms with Crippen molar-refractivity contribution >= 4 is 0 Å². The van der Waals surface area contributed by atoms with Crippen molar-refractivity contribution < 1.29 is 10.2 Å². The van der Waals surface area contributed by atoms with Crippen LogP contribution in [0.25, 0.3) is 0 Å². The summed E-state index contributed by atoms with van der Waals surface area (Å²) in [4.78, 5) is 0. The molecule has 0 aliphatic rings. The predicted octanol–water partition coefficient (Wildman–Crippen LogP) is 3.52. The van der Waals surface area contributed by atoms with Gasteiger partial charge < -0.3 is 10.2 Å². The van der Waals surface area contributed by atoms with Crippen LogP contribution in [0.2, 0.25) is 0 Å². The summed E-state index contributed by atoms with van der Waals surface area (Å²) in [6, 6.07) is 5.63. The molecule has 0 bridgehead atoms. The van der Waals surface area contributed by atoms with Gasteiger partial charge in [0.15, 0.2) is 0 Å². The van der Waals surface area contributed by atoms with Gasteiger partial charge in [0, 0.05) is 5.56 Å². The van der Waals surface area contributed by atoms with E-state index in [0.29, 0.717) is 17.9 Å². The Kier molecular flexibility index (Phi) is 3.98. The molecule has 1 aromatic carbocycles. The van der Waals surface area contributed by atoms with E-state index in [1.54, 1.807) is 13.0 Å². The Morgan fingerprint density at radius 1 is 1.31 bits per heavy atom. The Morgan fingerprint density at radius 3 is 2.44 bits per heavy atom. The first-order valence-electron chi connectivity index (χ1n) is 5.98. The van der Waals surface area contributed by atoms with E-state index < -0.39 is 5.60 Å². The topological polar surface area (TPSA) is 40.5 Å². The van der Waals surface area contributed by atoms with Crippen LogP contribution in [-0.2, 0) is 5.60 Å². The molecule has 16 heavy (non-hydrogen) atoms. The highest BCUT2D eigenvalue weighted by molar-refractivity contribution is 5.45. The van der Waals surface area contributed by atoms with E-state index in [1.165, 1.54) is 0 Å². The molecule has 0 saturated heterocycles. The standard InChI is InChI=1S/C14H22O2/c1-5-10(3)11-8-7-9-12(13(11)15)14(4,16)6-2/h7-10,15-16H,5-6H2,1-4H3. The summed E-state index contributed by atoms with van der Waals surface area (Å²) in [5.41, 5.74) is 0.606. The van der Waals surface area contributed by atoms with Crippen LogP contribution in [0.15, 0.2) is 18.2 Å². The minimum atomic E-state index is -0.951. The van der Waals surface area contributed by atoms with Crippen molar-refractivity contribution in [3.8, 4) is 5.75 Å². The van der Waals surface area contributed by atoms with Gasteiger partial charge in [0.2, 0.25) is 0 Å². The predicted molar refractivity (Wildman–Crippen MR) is 66.7 cm³/mol. The maximum Gasteiger partial charge on any atom is 0.125 e. The SMILES string of the molecule is CCC(C)c1cccc(C(C)(O)CC)c1O. The van der Waals surface area contributed by atoms with Gasteiger partial charge in [-0.15, -0.1) is 0 Å². The van der Waals surface area contributed by atoms with Crippen molar-refractivity contribution in [3.63, 3.8) is 0 Å². The molecule has 1 aromatic rings. The highest BCUT2D eigenvalue weighted by atomic mass is 16.3. The van der Waals surface area contributed by atoms with Crippen LogP contribution in [-0.4, -0.2) is 10.2 Å². The number of benzene rings is 1. The zero-order chi connectivity index (χ0) is 12.3. The summed E-state index contributed by atoms with van der Waals surface area (Å²) in [5.74, 6) is 0.566. The van der Waals surface area contributed by atoms with Crippen LogP contribution < -0.4 is 0 Å². The van der Waals surface area contributed by atoms with Crippen molar-refractivity contribution in [3.05, 3.63) is 29.3 Å². The van der Waals surface area contributed by atoms with Gasteiger partial charge in [-0.1, -0.05) is 39.0 Å². The summed E-state index contributed by atoms with van der Waals surface area (Å²) < 4.78 is 0. The van der Waals surface area contributed by atoms with E-state index in [4.69, 9.17) is 0 Å². The van der Waals surface area contributed by atoms with Crippen LogP contribution in [0, 0.1) is 0 Å². The Balaban J connectivity index is 3.24. The number of phenols is 1. The quantitative estimate of drug-likeness (QED) is 0.818. The first kappa shape index (κ1) is 13.0. The smallest absolute Gasteiger partial charge is 0.125 e. The lowest BCUT2D eigenvalue weighted by Crippen LogP contribution is -2.20. The van der Waals surface area contributed by atoms with Crippen molar-refractivity contribution in [2.24, 2.45) is 0 Å². The largest absolute Gasteiger partial charge is 0.507 e. The molecule has 0 radical (unpaired) electrons. The molecule has 90 valence electrons. The number of aromatic hydroxyl groups is 1. The van der Waals surface area contributed by atoms with Gasteiger partial charge in [0.1, 0.15) is 5.75 Å². The van der Waals surface area contributed by atoms with Gasteiger partial charge in [-0.3, -0.25) is 0 Å². The van der Waals surface area contributed by atoms with Crippen molar-refractivity contribution in [2.75, 3.05) is 0 Å². The second-order valence-corrected chi connectivity index (χ2v) is 4.68. The lowest BCUT2D eigenvalue weighted by molar-refractivity contribution is 0.0504. The normalized spacial score (nSPS) is 16.8. The van der Waals surface area contributed by atoms with Gasteiger partial charge in [0.05, 0.1) is 5.60 Å². The van der Waals surface area contributed by atoms with Gasteiger partial charge in [-0.25, -0.2) is 0 Å². The van der Waals surface area contributed by atoms with Crippen LogP contribution in [0.1, 0.15) is 57.6 Å². The second-order valence-electron chi connectivity index (χ2n) is 4.68. The Labute approximate surface area is 97.9 Å². The molecule has 0 aromatic heterocycles. The van der Waals surface area contributed by atoms with Crippen LogP contribution in [0.5, 0.6) is 5.75 Å². The number of hydrogen-bond acceptors (Lipinski definition) is 2. The molecule has 2 unspecified atom stereocenters. The Hall–Kier alpha value is -1.02. The molecule has 0 aliphatic heterocycles. The zero-order valence-electron chi connectivity index (χ0n) is 10.6. The Bertz CT molecular complexity index is 356. The molecule has 1 rings (SSSR count). The van der Waals surface area contributed by atoms with E-state index in [2.05, 4.69) is 13.8 Å².